The Morgan fingerprint density at radius 3 is 2.42 bits per heavy atom. The van der Waals surface area contributed by atoms with Crippen molar-refractivity contribution in [1.82, 2.24) is 4.57 Å². The number of aromatic nitrogens is 1. The first-order valence-electron chi connectivity index (χ1n) is 10.2. The summed E-state index contributed by atoms with van der Waals surface area (Å²) < 4.78 is 39.9. The molecule has 36 heavy (non-hydrogen) atoms. The Morgan fingerprint density at radius 1 is 1.00 bits per heavy atom. The summed E-state index contributed by atoms with van der Waals surface area (Å²) in [6, 6.07) is 12.5. The number of halogens is 5. The lowest BCUT2D eigenvalue weighted by atomic mass is 10.1. The minimum Gasteiger partial charge on any atom is -0.322 e. The number of nitrogens with one attached hydrogen (secondary N) is 1. The molecule has 1 aromatic heterocycles. The largest absolute Gasteiger partial charge is 0.416 e. The van der Waals surface area contributed by atoms with Crippen LogP contribution in [0.15, 0.2) is 71.7 Å². The van der Waals surface area contributed by atoms with Crippen molar-refractivity contribution in [3.8, 4) is 0 Å². The molecule has 0 saturated heterocycles. The average Bonchev–Trinajstić information content (AvgIpc) is 2.81. The molecule has 0 fully saturated rings. The fourth-order valence-corrected chi connectivity index (χ4v) is 3.97. The van der Waals surface area contributed by atoms with Gasteiger partial charge in [-0.2, -0.15) is 13.2 Å². The number of carbonyl (C=O) groups excluding carboxylic acids is 1. The molecule has 7 nitrogen and oxygen atoms in total. The number of hydrogen-bond acceptors (Lipinski definition) is 4. The second-order valence-electron chi connectivity index (χ2n) is 7.73. The van der Waals surface area contributed by atoms with Crippen LogP contribution in [0.4, 0.5) is 24.5 Å². The second kappa shape index (κ2) is 9.63. The van der Waals surface area contributed by atoms with Crippen LogP contribution in [-0.2, 0) is 12.7 Å². The van der Waals surface area contributed by atoms with E-state index in [1.54, 1.807) is 6.07 Å². The van der Waals surface area contributed by atoms with Gasteiger partial charge in [0.15, 0.2) is 0 Å². The minimum atomic E-state index is -4.53. The van der Waals surface area contributed by atoms with Crippen molar-refractivity contribution in [3.05, 3.63) is 114 Å². The molecular formula is C24H14Cl2F3N3O4. The zero-order chi connectivity index (χ0) is 26.2. The molecular weight excluding hydrogens is 522 g/mol. The molecule has 4 rings (SSSR count). The van der Waals surface area contributed by atoms with Crippen LogP contribution >= 0.6 is 23.2 Å². The van der Waals surface area contributed by atoms with Crippen LogP contribution in [0.1, 0.15) is 21.5 Å². The van der Waals surface area contributed by atoms with E-state index in [1.165, 1.54) is 47.2 Å². The van der Waals surface area contributed by atoms with Crippen molar-refractivity contribution in [3.63, 3.8) is 0 Å². The molecule has 1 heterocycles. The molecule has 0 bridgehead atoms. The molecule has 12 heteroatoms. The molecule has 1 amide bonds. The molecule has 184 valence electrons. The molecule has 0 atom stereocenters. The standard InChI is InChI=1S/C24H14Cl2F3N3O4/c25-20-6-4-17(32(35)36)11-19(20)22(33)30-16-3-5-18-13(9-16)7-8-31(23(18)34)12-14-1-2-15(10-21(14)26)24(27,28)29/h1-11H,12H2,(H,30,33). The Hall–Kier alpha value is -3.89. The van der Waals surface area contributed by atoms with Gasteiger partial charge in [0, 0.05) is 34.4 Å². The van der Waals surface area contributed by atoms with Gasteiger partial charge in [0.1, 0.15) is 0 Å². The third-order valence-corrected chi connectivity index (χ3v) is 6.04. The average molecular weight is 536 g/mol. The van der Waals surface area contributed by atoms with Gasteiger partial charge in [-0.25, -0.2) is 0 Å². The molecule has 0 aliphatic heterocycles. The minimum absolute atomic E-state index is 0.0312. The van der Waals surface area contributed by atoms with Crippen molar-refractivity contribution in [2.24, 2.45) is 0 Å². The molecule has 0 spiro atoms. The van der Waals surface area contributed by atoms with Crippen molar-refractivity contribution in [1.29, 1.82) is 0 Å². The van der Waals surface area contributed by atoms with Crippen molar-refractivity contribution >= 4 is 51.3 Å². The highest BCUT2D eigenvalue weighted by Crippen LogP contribution is 2.32. The number of benzene rings is 3. The van der Waals surface area contributed by atoms with Gasteiger partial charge in [0.25, 0.3) is 17.2 Å². The van der Waals surface area contributed by atoms with Crippen LogP contribution in [0.2, 0.25) is 10.0 Å². The highest BCUT2D eigenvalue weighted by atomic mass is 35.5. The maximum atomic E-state index is 12.9. The van der Waals surface area contributed by atoms with E-state index < -0.39 is 28.1 Å². The zero-order valence-corrected chi connectivity index (χ0v) is 19.5. The SMILES string of the molecule is O=C(Nc1ccc2c(=O)n(Cc3ccc(C(F)(F)F)cc3Cl)ccc2c1)c1cc([N+](=O)[O-])ccc1Cl. The summed E-state index contributed by atoms with van der Waals surface area (Å²) in [6.07, 6.45) is -3.07. The first kappa shape index (κ1) is 25.2. The van der Waals surface area contributed by atoms with E-state index in [9.17, 15) is 32.9 Å². The number of rotatable bonds is 5. The molecule has 0 saturated carbocycles. The van der Waals surface area contributed by atoms with E-state index >= 15 is 0 Å². The van der Waals surface area contributed by atoms with Gasteiger partial charge >= 0.3 is 6.18 Å². The number of alkyl halides is 3. The topological polar surface area (TPSA) is 94.2 Å². The number of non-ortho nitro benzene ring substituents is 1. The van der Waals surface area contributed by atoms with Crippen molar-refractivity contribution < 1.29 is 22.9 Å². The number of nitrogens with zero attached hydrogens (tertiary/aromatic N) is 2. The molecule has 0 unspecified atom stereocenters. The fourth-order valence-electron chi connectivity index (χ4n) is 3.52. The normalized spacial score (nSPS) is 11.5. The van der Waals surface area contributed by atoms with Gasteiger partial charge in [-0.05, 0) is 53.4 Å². The van der Waals surface area contributed by atoms with Gasteiger partial charge in [-0.1, -0.05) is 29.3 Å². The van der Waals surface area contributed by atoms with Crippen LogP contribution in [-0.4, -0.2) is 15.4 Å². The highest BCUT2D eigenvalue weighted by molar-refractivity contribution is 6.34. The summed E-state index contributed by atoms with van der Waals surface area (Å²) in [6.45, 7) is -0.0461. The summed E-state index contributed by atoms with van der Waals surface area (Å²) >= 11 is 12.0. The first-order chi connectivity index (χ1) is 16.9. The number of pyridine rings is 1. The number of fused-ring (bicyclic) bond motifs is 1. The Bertz CT molecular complexity index is 1590. The van der Waals surface area contributed by atoms with Crippen molar-refractivity contribution in [2.75, 3.05) is 5.32 Å². The summed E-state index contributed by atoms with van der Waals surface area (Å²) in [5, 5.41) is 14.3. The Kier molecular flexibility index (Phi) is 6.75. The predicted octanol–water partition coefficient (Wildman–Crippen LogP) is 6.54. The van der Waals surface area contributed by atoms with E-state index in [4.69, 9.17) is 23.2 Å². The van der Waals surface area contributed by atoms with Crippen molar-refractivity contribution in [2.45, 2.75) is 12.7 Å². The van der Waals surface area contributed by atoms with Crippen LogP contribution in [0.25, 0.3) is 10.8 Å². The highest BCUT2D eigenvalue weighted by Gasteiger charge is 2.30. The molecule has 4 aromatic rings. The number of amides is 1. The van der Waals surface area contributed by atoms with E-state index in [0.29, 0.717) is 22.0 Å². The molecule has 3 aromatic carbocycles. The zero-order valence-electron chi connectivity index (χ0n) is 18.0. The number of anilines is 1. The number of nitro benzene ring substituents is 1. The lowest BCUT2D eigenvalue weighted by Gasteiger charge is -2.12. The maximum Gasteiger partial charge on any atom is 0.416 e. The van der Waals surface area contributed by atoms with E-state index in [1.807, 2.05) is 0 Å². The van der Waals surface area contributed by atoms with Crippen LogP contribution in [0.3, 0.4) is 0 Å². The number of carbonyl (C=O) groups is 1. The number of nitro groups is 1. The summed E-state index contributed by atoms with van der Waals surface area (Å²) in [7, 11) is 0. The van der Waals surface area contributed by atoms with E-state index in [2.05, 4.69) is 5.32 Å². The third kappa shape index (κ3) is 5.19. The maximum absolute atomic E-state index is 12.9. The summed E-state index contributed by atoms with van der Waals surface area (Å²) in [5.74, 6) is -0.673. The quantitative estimate of drug-likeness (QED) is 0.232. The Morgan fingerprint density at radius 2 is 1.75 bits per heavy atom. The monoisotopic (exact) mass is 535 g/mol. The lowest BCUT2D eigenvalue weighted by Crippen LogP contribution is -2.20. The van der Waals surface area contributed by atoms with E-state index in [0.717, 1.165) is 18.2 Å². The Balaban J connectivity index is 1.59. The predicted molar refractivity (Wildman–Crippen MR) is 130 cm³/mol. The van der Waals surface area contributed by atoms with Gasteiger partial charge in [0.05, 0.1) is 27.6 Å². The van der Waals surface area contributed by atoms with Gasteiger partial charge in [-0.3, -0.25) is 19.7 Å². The summed E-state index contributed by atoms with van der Waals surface area (Å²) in [4.78, 5) is 35.9. The van der Waals surface area contributed by atoms with Gasteiger partial charge in [-0.15, -0.1) is 0 Å². The van der Waals surface area contributed by atoms with Gasteiger partial charge < -0.3 is 9.88 Å². The molecule has 1 N–H and O–H groups in total. The Labute approximate surface area is 210 Å². The molecule has 0 aliphatic carbocycles. The van der Waals surface area contributed by atoms with Crippen LogP contribution in [0, 0.1) is 10.1 Å². The molecule has 0 aliphatic rings. The molecule has 0 radical (unpaired) electrons. The first-order valence-corrected chi connectivity index (χ1v) is 10.9. The second-order valence-corrected chi connectivity index (χ2v) is 8.54. The smallest absolute Gasteiger partial charge is 0.322 e. The van der Waals surface area contributed by atoms with Crippen LogP contribution in [0.5, 0.6) is 0 Å². The van der Waals surface area contributed by atoms with E-state index in [-0.39, 0.29) is 27.8 Å². The van der Waals surface area contributed by atoms with Gasteiger partial charge in [0.2, 0.25) is 0 Å². The summed E-state index contributed by atoms with van der Waals surface area (Å²) in [5.41, 5.74) is -1.03. The number of hydrogen-bond donors (Lipinski definition) is 1. The lowest BCUT2D eigenvalue weighted by molar-refractivity contribution is -0.384. The van der Waals surface area contributed by atoms with Crippen LogP contribution < -0.4 is 10.9 Å². The third-order valence-electron chi connectivity index (χ3n) is 5.36. The fraction of sp³-hybridized carbons (Fsp3) is 0.0833.